The second-order valence-corrected chi connectivity index (χ2v) is 5.85. The summed E-state index contributed by atoms with van der Waals surface area (Å²) in [5.41, 5.74) is 0. The van der Waals surface area contributed by atoms with Crippen LogP contribution in [-0.4, -0.2) is 31.1 Å². The molecule has 0 spiro atoms. The van der Waals surface area contributed by atoms with Crippen molar-refractivity contribution in [2.45, 2.75) is 13.5 Å². The van der Waals surface area contributed by atoms with E-state index in [4.69, 9.17) is 0 Å². The summed E-state index contributed by atoms with van der Waals surface area (Å²) in [5.74, 6) is 1.68. The first-order chi connectivity index (χ1) is 8.56. The highest BCUT2D eigenvalue weighted by atomic mass is 32.1. The van der Waals surface area contributed by atoms with Gasteiger partial charge < -0.3 is 9.80 Å². The Balaban J connectivity index is 2.13. The number of anilines is 2. The molecule has 0 saturated heterocycles. The number of aromatic nitrogens is 2. The largest absolute Gasteiger partial charge is 0.363 e. The van der Waals surface area contributed by atoms with E-state index in [9.17, 15) is 0 Å². The fourth-order valence-electron chi connectivity index (χ4n) is 1.65. The molecule has 0 radical (unpaired) electrons. The summed E-state index contributed by atoms with van der Waals surface area (Å²) in [6.45, 7) is 2.97. The molecule has 0 N–H and O–H groups in total. The van der Waals surface area contributed by atoms with Crippen LogP contribution in [0.4, 0.5) is 11.8 Å². The molecule has 0 atom stereocenters. The standard InChI is InChI=1S/C13H18N4S/c1-10-5-6-11(18-10)9-17(4)13-14-8-7-12(15-13)16(2)3/h5-8H,9H2,1-4H3. The van der Waals surface area contributed by atoms with Gasteiger partial charge in [0.25, 0.3) is 0 Å². The fraction of sp³-hybridized carbons (Fsp3) is 0.385. The first kappa shape index (κ1) is 12.8. The van der Waals surface area contributed by atoms with Gasteiger partial charge in [-0.05, 0) is 25.1 Å². The summed E-state index contributed by atoms with van der Waals surface area (Å²) in [7, 11) is 5.98. The van der Waals surface area contributed by atoms with Crippen molar-refractivity contribution in [2.75, 3.05) is 30.9 Å². The number of hydrogen-bond acceptors (Lipinski definition) is 5. The zero-order valence-corrected chi connectivity index (χ0v) is 12.0. The van der Waals surface area contributed by atoms with E-state index < -0.39 is 0 Å². The van der Waals surface area contributed by atoms with Crippen LogP contribution in [0.5, 0.6) is 0 Å². The number of thiophene rings is 1. The van der Waals surface area contributed by atoms with Gasteiger partial charge >= 0.3 is 0 Å². The third-order valence-electron chi connectivity index (χ3n) is 2.62. The van der Waals surface area contributed by atoms with Crippen LogP contribution in [0.1, 0.15) is 9.75 Å². The molecule has 5 heteroatoms. The number of nitrogens with zero attached hydrogens (tertiary/aromatic N) is 4. The summed E-state index contributed by atoms with van der Waals surface area (Å²) in [6.07, 6.45) is 1.80. The maximum Gasteiger partial charge on any atom is 0.227 e. The molecular formula is C13H18N4S. The van der Waals surface area contributed by atoms with Crippen LogP contribution >= 0.6 is 11.3 Å². The third-order valence-corrected chi connectivity index (χ3v) is 3.60. The Morgan fingerprint density at radius 1 is 1.17 bits per heavy atom. The van der Waals surface area contributed by atoms with Crippen LogP contribution in [-0.2, 0) is 6.54 Å². The minimum Gasteiger partial charge on any atom is -0.363 e. The Morgan fingerprint density at radius 3 is 2.56 bits per heavy atom. The van der Waals surface area contributed by atoms with Crippen molar-refractivity contribution in [1.82, 2.24) is 9.97 Å². The molecule has 2 rings (SSSR count). The zero-order chi connectivity index (χ0) is 13.1. The summed E-state index contributed by atoms with van der Waals surface area (Å²) >= 11 is 1.81. The van der Waals surface area contributed by atoms with E-state index in [2.05, 4.69) is 33.9 Å². The molecule has 0 amide bonds. The molecule has 0 aliphatic rings. The van der Waals surface area contributed by atoms with E-state index in [-0.39, 0.29) is 0 Å². The third kappa shape index (κ3) is 2.98. The van der Waals surface area contributed by atoms with E-state index in [0.29, 0.717) is 0 Å². The van der Waals surface area contributed by atoms with Gasteiger partial charge in [0.05, 0.1) is 6.54 Å². The van der Waals surface area contributed by atoms with Gasteiger partial charge in [0, 0.05) is 37.1 Å². The van der Waals surface area contributed by atoms with Gasteiger partial charge in [0.15, 0.2) is 0 Å². The van der Waals surface area contributed by atoms with Gasteiger partial charge in [-0.25, -0.2) is 4.98 Å². The maximum atomic E-state index is 4.52. The van der Waals surface area contributed by atoms with Crippen LogP contribution in [0.3, 0.4) is 0 Å². The lowest BCUT2D eigenvalue weighted by Gasteiger charge is -2.18. The van der Waals surface area contributed by atoms with Crippen molar-refractivity contribution >= 4 is 23.1 Å². The highest BCUT2D eigenvalue weighted by Gasteiger charge is 2.08. The molecule has 0 fully saturated rings. The van der Waals surface area contributed by atoms with Gasteiger partial charge in [-0.2, -0.15) is 4.98 Å². The summed E-state index contributed by atoms with van der Waals surface area (Å²) in [5, 5.41) is 0. The number of aryl methyl sites for hydroxylation is 1. The lowest BCUT2D eigenvalue weighted by molar-refractivity contribution is 0.871. The Bertz CT molecular complexity index is 521. The van der Waals surface area contributed by atoms with Crippen molar-refractivity contribution in [3.8, 4) is 0 Å². The highest BCUT2D eigenvalue weighted by Crippen LogP contribution is 2.19. The second kappa shape index (κ2) is 5.35. The van der Waals surface area contributed by atoms with Gasteiger partial charge in [-0.1, -0.05) is 0 Å². The SMILES string of the molecule is Cc1ccc(CN(C)c2nccc(N(C)C)n2)s1. The smallest absolute Gasteiger partial charge is 0.227 e. The van der Waals surface area contributed by atoms with Crippen molar-refractivity contribution in [2.24, 2.45) is 0 Å². The van der Waals surface area contributed by atoms with Gasteiger partial charge in [-0.3, -0.25) is 0 Å². The molecular weight excluding hydrogens is 244 g/mol. The van der Waals surface area contributed by atoms with E-state index >= 15 is 0 Å². The first-order valence-electron chi connectivity index (χ1n) is 5.83. The number of rotatable bonds is 4. The predicted molar refractivity (Wildman–Crippen MR) is 77.5 cm³/mol. The second-order valence-electron chi connectivity index (χ2n) is 4.48. The summed E-state index contributed by atoms with van der Waals surface area (Å²) in [4.78, 5) is 15.5. The average molecular weight is 262 g/mol. The first-order valence-corrected chi connectivity index (χ1v) is 6.65. The molecule has 96 valence electrons. The van der Waals surface area contributed by atoms with Crippen molar-refractivity contribution in [3.05, 3.63) is 34.2 Å². The van der Waals surface area contributed by atoms with Gasteiger partial charge in [0.2, 0.25) is 5.95 Å². The van der Waals surface area contributed by atoms with Crippen molar-refractivity contribution in [1.29, 1.82) is 0 Å². The molecule has 0 saturated carbocycles. The molecule has 18 heavy (non-hydrogen) atoms. The predicted octanol–water partition coefficient (Wildman–Crippen LogP) is 2.55. The van der Waals surface area contributed by atoms with E-state index in [1.807, 2.05) is 43.4 Å². The van der Waals surface area contributed by atoms with E-state index in [0.717, 1.165) is 18.3 Å². The Kier molecular flexibility index (Phi) is 3.81. The minimum absolute atomic E-state index is 0.757. The molecule has 0 bridgehead atoms. The number of hydrogen-bond donors (Lipinski definition) is 0. The summed E-state index contributed by atoms with van der Waals surface area (Å²) in [6, 6.07) is 6.21. The van der Waals surface area contributed by atoms with E-state index in [1.165, 1.54) is 9.75 Å². The highest BCUT2D eigenvalue weighted by molar-refractivity contribution is 7.11. The lowest BCUT2D eigenvalue weighted by atomic mass is 10.4. The monoisotopic (exact) mass is 262 g/mol. The van der Waals surface area contributed by atoms with Crippen LogP contribution in [0, 0.1) is 6.92 Å². The molecule has 2 aromatic rings. The Morgan fingerprint density at radius 2 is 1.94 bits per heavy atom. The zero-order valence-electron chi connectivity index (χ0n) is 11.2. The van der Waals surface area contributed by atoms with E-state index in [1.54, 1.807) is 6.20 Å². The van der Waals surface area contributed by atoms with Crippen molar-refractivity contribution in [3.63, 3.8) is 0 Å². The fourth-order valence-corrected chi connectivity index (χ4v) is 2.59. The molecule has 4 nitrogen and oxygen atoms in total. The topological polar surface area (TPSA) is 32.3 Å². The quantitative estimate of drug-likeness (QED) is 0.847. The minimum atomic E-state index is 0.757. The molecule has 2 aromatic heterocycles. The molecule has 2 heterocycles. The van der Waals surface area contributed by atoms with Gasteiger partial charge in [0.1, 0.15) is 5.82 Å². The van der Waals surface area contributed by atoms with Gasteiger partial charge in [-0.15, -0.1) is 11.3 Å². The molecule has 0 unspecified atom stereocenters. The lowest BCUT2D eigenvalue weighted by Crippen LogP contribution is -2.20. The average Bonchev–Trinajstić information content (AvgIpc) is 2.75. The molecule has 0 aliphatic heterocycles. The normalized spacial score (nSPS) is 10.4. The Hall–Kier alpha value is -1.62. The Labute approximate surface area is 112 Å². The maximum absolute atomic E-state index is 4.52. The van der Waals surface area contributed by atoms with Crippen molar-refractivity contribution < 1.29 is 0 Å². The van der Waals surface area contributed by atoms with Crippen LogP contribution in [0.2, 0.25) is 0 Å². The summed E-state index contributed by atoms with van der Waals surface area (Å²) < 4.78 is 0. The molecule has 0 aliphatic carbocycles. The molecule has 0 aromatic carbocycles. The van der Waals surface area contributed by atoms with Crippen LogP contribution in [0.15, 0.2) is 24.4 Å². The van der Waals surface area contributed by atoms with Crippen LogP contribution < -0.4 is 9.80 Å². The van der Waals surface area contributed by atoms with Crippen LogP contribution in [0.25, 0.3) is 0 Å².